The third-order valence-electron chi connectivity index (χ3n) is 0.804. The van der Waals surface area contributed by atoms with Crippen LogP contribution in [0.4, 0.5) is 0 Å². The molecule has 0 aliphatic heterocycles. The van der Waals surface area contributed by atoms with Crippen molar-refractivity contribution in [3.63, 3.8) is 0 Å². The predicted molar refractivity (Wildman–Crippen MR) is 30.6 cm³/mol. The first-order valence-corrected chi connectivity index (χ1v) is 2.52. The Kier molecular flexibility index (Phi) is 8.70. The number of carboxylic acids is 2. The second-order valence-corrected chi connectivity index (χ2v) is 1.62. The van der Waals surface area contributed by atoms with Gasteiger partial charge in [-0.1, -0.05) is 0 Å². The Hall–Kier alpha value is 0.246. The molecule has 0 aromatic heterocycles. The van der Waals surface area contributed by atoms with E-state index in [1.807, 2.05) is 0 Å². The van der Waals surface area contributed by atoms with Gasteiger partial charge in [0.2, 0.25) is 5.78 Å². The summed E-state index contributed by atoms with van der Waals surface area (Å²) in [5, 5.41) is 16.0. The smallest absolute Gasteiger partial charge is 1.00 e. The van der Waals surface area contributed by atoms with E-state index in [1.165, 1.54) is 0 Å². The third-order valence-corrected chi connectivity index (χ3v) is 0.804. The molecule has 0 saturated carbocycles. The van der Waals surface area contributed by atoms with E-state index in [4.69, 9.17) is 10.2 Å². The molecule has 0 bridgehead atoms. The molecule has 0 aliphatic carbocycles. The van der Waals surface area contributed by atoms with Crippen LogP contribution in [-0.4, -0.2) is 27.9 Å². The molecule has 58 valence electrons. The summed E-state index contributed by atoms with van der Waals surface area (Å²) in [6.45, 7) is 0. The minimum Gasteiger partial charge on any atom is -1.00 e. The van der Waals surface area contributed by atoms with E-state index < -0.39 is 30.6 Å². The normalized spacial score (nSPS) is 8.00. The molecule has 0 fully saturated rings. The van der Waals surface area contributed by atoms with E-state index in [-0.39, 0.29) is 52.8 Å². The van der Waals surface area contributed by atoms with Crippen molar-refractivity contribution in [3.8, 4) is 0 Å². The molecule has 0 amide bonds. The Morgan fingerprint density at radius 1 is 1.09 bits per heavy atom. The molecule has 0 aromatic carbocycles. The molecule has 0 spiro atoms. The van der Waals surface area contributed by atoms with Crippen LogP contribution in [0.1, 0.15) is 14.3 Å². The first-order chi connectivity index (χ1) is 4.54. The zero-order valence-corrected chi connectivity index (χ0v) is 9.16. The van der Waals surface area contributed by atoms with E-state index in [2.05, 4.69) is 0 Å². The molecule has 6 heteroatoms. The number of hydrogen-bond acceptors (Lipinski definition) is 3. The largest absolute Gasteiger partial charge is 1.00 e. The van der Waals surface area contributed by atoms with E-state index >= 15 is 0 Å². The van der Waals surface area contributed by atoms with Gasteiger partial charge in [-0.2, -0.15) is 0 Å². The fraction of sp³-hybridized carbons (Fsp3) is 0.400. The van der Waals surface area contributed by atoms with Crippen molar-refractivity contribution in [1.29, 1.82) is 0 Å². The van der Waals surface area contributed by atoms with Crippen LogP contribution in [0.2, 0.25) is 0 Å². The number of carbonyl (C=O) groups is 3. The average molecular weight is 186 g/mol. The summed E-state index contributed by atoms with van der Waals surface area (Å²) in [6.07, 6.45) is -0.865. The molecule has 0 rings (SSSR count). The molecular weight excluding hydrogens is 179 g/mol. The van der Waals surface area contributed by atoms with E-state index in [0.29, 0.717) is 0 Å². The monoisotopic (exact) mass is 186 g/mol. The molecule has 0 heterocycles. The summed E-state index contributed by atoms with van der Waals surface area (Å²) in [5.74, 6) is -3.82. The van der Waals surface area contributed by atoms with Gasteiger partial charge in [0.25, 0.3) is 0 Å². The van der Waals surface area contributed by atoms with Crippen LogP contribution >= 0.6 is 0 Å². The van der Waals surface area contributed by atoms with Gasteiger partial charge in [-0.25, -0.2) is 4.79 Å². The Morgan fingerprint density at radius 2 is 1.55 bits per heavy atom. The molecule has 0 radical (unpaired) electrons. The van der Waals surface area contributed by atoms with Gasteiger partial charge in [0.05, 0.1) is 6.42 Å². The molecule has 0 unspecified atom stereocenters. The Morgan fingerprint density at radius 3 is 1.82 bits per heavy atom. The number of Topliss-reactive ketones (excluding diaryl/α,β-unsaturated/α-hetero) is 1. The van der Waals surface area contributed by atoms with Crippen LogP contribution in [0.3, 0.4) is 0 Å². The summed E-state index contributed by atoms with van der Waals surface area (Å²) < 4.78 is 0. The molecule has 5 nitrogen and oxygen atoms in total. The van der Waals surface area contributed by atoms with Gasteiger partial charge < -0.3 is 11.6 Å². The summed E-state index contributed by atoms with van der Waals surface area (Å²) >= 11 is 0. The van der Waals surface area contributed by atoms with Crippen LogP contribution < -0.4 is 51.4 Å². The van der Waals surface area contributed by atoms with Gasteiger partial charge >= 0.3 is 63.3 Å². The molecule has 0 aromatic rings. The zero-order valence-electron chi connectivity index (χ0n) is 7.03. The summed E-state index contributed by atoms with van der Waals surface area (Å²) in [6, 6.07) is 0. The van der Waals surface area contributed by atoms with Crippen LogP contribution in [0.5, 0.6) is 0 Å². The molecule has 0 atom stereocenters. The minimum absolute atomic E-state index is 0. The van der Waals surface area contributed by atoms with Crippen LogP contribution in [0.15, 0.2) is 0 Å². The second kappa shape index (κ2) is 6.93. The SMILES string of the molecule is O=C(O)CCC(=O)C(=O)O.[H-].[K+]. The standard InChI is InChI=1S/C5H6O5.K.H/c6-3(5(9)10)1-2-4(7)8;;/h1-2H2,(H,7,8)(H,9,10);;/q;+1;-1. The topological polar surface area (TPSA) is 91.7 Å². The van der Waals surface area contributed by atoms with Crippen molar-refractivity contribution in [2.75, 3.05) is 0 Å². The maximum atomic E-state index is 10.2. The average Bonchev–Trinajstić information content (AvgIpc) is 1.82. The zero-order chi connectivity index (χ0) is 8.15. The molecule has 2 N–H and O–H groups in total. The number of hydrogen-bond donors (Lipinski definition) is 2. The summed E-state index contributed by atoms with van der Waals surface area (Å²) in [5.41, 5.74) is 0. The Balaban J connectivity index is -0.000000405. The van der Waals surface area contributed by atoms with Crippen molar-refractivity contribution < 1.29 is 77.4 Å². The number of ketones is 1. The van der Waals surface area contributed by atoms with Gasteiger partial charge in [0.1, 0.15) is 0 Å². The fourth-order valence-corrected chi connectivity index (χ4v) is 0.327. The number of rotatable bonds is 4. The maximum Gasteiger partial charge on any atom is 1.00 e. The number of aliphatic carboxylic acids is 2. The van der Waals surface area contributed by atoms with Crippen molar-refractivity contribution in [2.24, 2.45) is 0 Å². The van der Waals surface area contributed by atoms with Crippen LogP contribution in [0, 0.1) is 0 Å². The van der Waals surface area contributed by atoms with Gasteiger partial charge in [-0.15, -0.1) is 0 Å². The fourth-order valence-electron chi connectivity index (χ4n) is 0.327. The number of carbonyl (C=O) groups excluding carboxylic acids is 1. The molecule has 0 saturated heterocycles. The van der Waals surface area contributed by atoms with E-state index in [1.54, 1.807) is 0 Å². The van der Waals surface area contributed by atoms with Crippen LogP contribution in [-0.2, 0) is 14.4 Å². The third kappa shape index (κ3) is 8.15. The Bertz CT molecular complexity index is 181. The quantitative estimate of drug-likeness (QED) is 0.353. The molecule has 11 heavy (non-hydrogen) atoms. The predicted octanol–water partition coefficient (Wildman–Crippen LogP) is -3.38. The number of carboxylic acid groups (broad SMARTS) is 2. The van der Waals surface area contributed by atoms with Crippen LogP contribution in [0.25, 0.3) is 0 Å². The van der Waals surface area contributed by atoms with Gasteiger partial charge in [0, 0.05) is 6.42 Å². The molecular formula is C5H7KO5. The first-order valence-electron chi connectivity index (χ1n) is 2.52. The van der Waals surface area contributed by atoms with Crippen molar-refractivity contribution in [3.05, 3.63) is 0 Å². The minimum atomic E-state index is -1.58. The van der Waals surface area contributed by atoms with Crippen molar-refractivity contribution in [2.45, 2.75) is 12.8 Å². The van der Waals surface area contributed by atoms with Crippen molar-refractivity contribution in [1.82, 2.24) is 0 Å². The van der Waals surface area contributed by atoms with Gasteiger partial charge in [0.15, 0.2) is 0 Å². The van der Waals surface area contributed by atoms with Crippen molar-refractivity contribution >= 4 is 17.7 Å². The van der Waals surface area contributed by atoms with E-state index in [0.717, 1.165) is 0 Å². The first kappa shape index (κ1) is 13.8. The van der Waals surface area contributed by atoms with Gasteiger partial charge in [-0.3, -0.25) is 9.59 Å². The second-order valence-electron chi connectivity index (χ2n) is 1.62. The molecule has 0 aliphatic rings. The summed E-state index contributed by atoms with van der Waals surface area (Å²) in [4.78, 5) is 29.7. The maximum absolute atomic E-state index is 10.2. The summed E-state index contributed by atoms with van der Waals surface area (Å²) in [7, 11) is 0. The Labute approximate surface area is 107 Å². The van der Waals surface area contributed by atoms with Gasteiger partial charge in [-0.05, 0) is 0 Å². The van der Waals surface area contributed by atoms with E-state index in [9.17, 15) is 14.4 Å².